The van der Waals surface area contributed by atoms with Gasteiger partial charge in [-0.2, -0.15) is 0 Å². The second-order valence-electron chi connectivity index (χ2n) is 8.45. The first-order valence-corrected chi connectivity index (χ1v) is 10.8. The quantitative estimate of drug-likeness (QED) is 0.301. The summed E-state index contributed by atoms with van der Waals surface area (Å²) in [5.41, 5.74) is 0.590. The minimum Gasteiger partial charge on any atom is -0.353 e. The Morgan fingerprint density at radius 1 is 1.34 bits per heavy atom. The number of carbonyl (C=O) groups is 2. The van der Waals surface area contributed by atoms with E-state index in [0.717, 1.165) is 32.1 Å². The highest BCUT2D eigenvalue weighted by Crippen LogP contribution is 2.25. The third kappa shape index (κ3) is 6.89. The van der Waals surface area contributed by atoms with E-state index in [1.54, 1.807) is 11.1 Å². The molecule has 0 spiro atoms. The molecule has 1 aromatic heterocycles. The lowest BCUT2D eigenvalue weighted by molar-refractivity contribution is -0.151. The standard InChI is InChI=1S/C23H36N2O4/c1-5-20(12-11-18-9-7-13-24-15-18)29-17-28-16-19-10-8-14-25(19)22(27)21(26)23(3,4)6-2/h7,9,13,15,19-20H,5-6,8,10-12,14,16-17H2,1-4H3. The van der Waals surface area contributed by atoms with E-state index in [4.69, 9.17) is 9.47 Å². The number of likely N-dealkylation sites (tertiary alicyclic amines) is 1. The molecule has 1 fully saturated rings. The van der Waals surface area contributed by atoms with Gasteiger partial charge in [-0.15, -0.1) is 0 Å². The number of carbonyl (C=O) groups excluding carboxylic acids is 2. The molecular weight excluding hydrogens is 368 g/mol. The summed E-state index contributed by atoms with van der Waals surface area (Å²) in [6, 6.07) is 3.97. The van der Waals surface area contributed by atoms with Crippen molar-refractivity contribution in [2.45, 2.75) is 78.4 Å². The summed E-state index contributed by atoms with van der Waals surface area (Å²) in [7, 11) is 0. The molecule has 1 aliphatic heterocycles. The van der Waals surface area contributed by atoms with Crippen LogP contribution in [0.5, 0.6) is 0 Å². The van der Waals surface area contributed by atoms with Crippen molar-refractivity contribution in [3.63, 3.8) is 0 Å². The Hall–Kier alpha value is -1.79. The number of rotatable bonds is 12. The maximum absolute atomic E-state index is 12.7. The van der Waals surface area contributed by atoms with Gasteiger partial charge in [0.25, 0.3) is 5.91 Å². The van der Waals surface area contributed by atoms with Crippen molar-refractivity contribution in [2.24, 2.45) is 5.41 Å². The number of amides is 1. The van der Waals surface area contributed by atoms with Crippen LogP contribution < -0.4 is 0 Å². The monoisotopic (exact) mass is 404 g/mol. The summed E-state index contributed by atoms with van der Waals surface area (Å²) in [6.45, 7) is 8.95. The Morgan fingerprint density at radius 2 is 2.14 bits per heavy atom. The van der Waals surface area contributed by atoms with Crippen molar-refractivity contribution in [1.82, 2.24) is 9.88 Å². The molecule has 0 radical (unpaired) electrons. The van der Waals surface area contributed by atoms with Gasteiger partial charge >= 0.3 is 0 Å². The Bertz CT molecular complexity index is 648. The number of Topliss-reactive ketones (excluding diaryl/α,β-unsaturated/α-hetero) is 1. The number of hydrogen-bond acceptors (Lipinski definition) is 5. The van der Waals surface area contributed by atoms with Gasteiger partial charge in [0.15, 0.2) is 0 Å². The summed E-state index contributed by atoms with van der Waals surface area (Å²) in [5, 5.41) is 0. The molecule has 2 atom stereocenters. The number of aromatic nitrogens is 1. The fourth-order valence-corrected chi connectivity index (χ4v) is 3.46. The molecule has 29 heavy (non-hydrogen) atoms. The summed E-state index contributed by atoms with van der Waals surface area (Å²) >= 11 is 0. The number of ketones is 1. The number of nitrogens with zero attached hydrogens (tertiary/aromatic N) is 2. The van der Waals surface area contributed by atoms with Crippen molar-refractivity contribution in [3.8, 4) is 0 Å². The Labute approximate surface area is 175 Å². The third-order valence-electron chi connectivity index (χ3n) is 5.96. The van der Waals surface area contributed by atoms with Crippen LogP contribution in [0.2, 0.25) is 0 Å². The molecule has 2 heterocycles. The molecule has 0 aromatic carbocycles. The van der Waals surface area contributed by atoms with E-state index in [0.29, 0.717) is 19.6 Å². The topological polar surface area (TPSA) is 68.7 Å². The third-order valence-corrected chi connectivity index (χ3v) is 5.96. The molecule has 162 valence electrons. The number of hydrogen-bond donors (Lipinski definition) is 0. The summed E-state index contributed by atoms with van der Waals surface area (Å²) in [5.74, 6) is -0.670. The van der Waals surface area contributed by atoms with E-state index in [2.05, 4.69) is 18.0 Å². The predicted octanol–water partition coefficient (Wildman–Crippen LogP) is 3.78. The molecular formula is C23H36N2O4. The first kappa shape index (κ1) is 23.5. The maximum Gasteiger partial charge on any atom is 0.290 e. The fourth-order valence-electron chi connectivity index (χ4n) is 3.46. The van der Waals surface area contributed by atoms with E-state index in [1.807, 2.05) is 33.0 Å². The van der Waals surface area contributed by atoms with Gasteiger partial charge in [-0.05, 0) is 50.2 Å². The highest BCUT2D eigenvalue weighted by molar-refractivity contribution is 6.38. The zero-order valence-corrected chi connectivity index (χ0v) is 18.4. The molecule has 1 amide bonds. The van der Waals surface area contributed by atoms with Crippen molar-refractivity contribution >= 4 is 11.7 Å². The maximum atomic E-state index is 12.7. The normalized spacial score (nSPS) is 18.1. The van der Waals surface area contributed by atoms with E-state index in [1.165, 1.54) is 5.56 Å². The molecule has 6 heteroatoms. The molecule has 0 aliphatic carbocycles. The zero-order valence-electron chi connectivity index (χ0n) is 18.4. The van der Waals surface area contributed by atoms with E-state index in [9.17, 15) is 9.59 Å². The second kappa shape index (κ2) is 11.4. The van der Waals surface area contributed by atoms with Crippen molar-refractivity contribution in [1.29, 1.82) is 0 Å². The molecule has 1 aromatic rings. The van der Waals surface area contributed by atoms with Crippen LogP contribution in [0.3, 0.4) is 0 Å². The molecule has 1 saturated heterocycles. The SMILES string of the molecule is CCC(CCc1cccnc1)OCOCC1CCCN1C(=O)C(=O)C(C)(C)CC. The lowest BCUT2D eigenvalue weighted by Gasteiger charge is -2.28. The Morgan fingerprint density at radius 3 is 2.79 bits per heavy atom. The number of aryl methyl sites for hydroxylation is 1. The van der Waals surface area contributed by atoms with Crippen LogP contribution >= 0.6 is 0 Å². The fraction of sp³-hybridized carbons (Fsp3) is 0.696. The highest BCUT2D eigenvalue weighted by atomic mass is 16.7. The molecule has 0 bridgehead atoms. The van der Waals surface area contributed by atoms with Crippen LogP contribution in [0.4, 0.5) is 0 Å². The first-order chi connectivity index (χ1) is 13.9. The van der Waals surface area contributed by atoms with Gasteiger partial charge in [0, 0.05) is 24.4 Å². The lowest BCUT2D eigenvalue weighted by atomic mass is 9.84. The highest BCUT2D eigenvalue weighted by Gasteiger charge is 2.38. The van der Waals surface area contributed by atoms with Gasteiger partial charge in [0.2, 0.25) is 5.78 Å². The molecule has 1 aliphatic rings. The lowest BCUT2D eigenvalue weighted by Crippen LogP contribution is -2.46. The molecule has 6 nitrogen and oxygen atoms in total. The van der Waals surface area contributed by atoms with Gasteiger partial charge in [0.1, 0.15) is 6.79 Å². The van der Waals surface area contributed by atoms with Gasteiger partial charge in [-0.25, -0.2) is 0 Å². The zero-order chi connectivity index (χ0) is 21.3. The molecule has 0 saturated carbocycles. The molecule has 2 rings (SSSR count). The minimum atomic E-state index is -0.614. The second-order valence-corrected chi connectivity index (χ2v) is 8.45. The molecule has 0 N–H and O–H groups in total. The van der Waals surface area contributed by atoms with E-state index < -0.39 is 5.41 Å². The van der Waals surface area contributed by atoms with Crippen LogP contribution in [-0.2, 0) is 25.5 Å². The average molecular weight is 405 g/mol. The van der Waals surface area contributed by atoms with Crippen LogP contribution in [0.25, 0.3) is 0 Å². The van der Waals surface area contributed by atoms with Crippen LogP contribution in [0, 0.1) is 5.41 Å². The average Bonchev–Trinajstić information content (AvgIpc) is 3.21. The van der Waals surface area contributed by atoms with E-state index in [-0.39, 0.29) is 30.6 Å². The largest absolute Gasteiger partial charge is 0.353 e. The van der Waals surface area contributed by atoms with Crippen LogP contribution in [-0.4, -0.2) is 53.7 Å². The van der Waals surface area contributed by atoms with Crippen molar-refractivity contribution < 1.29 is 19.1 Å². The summed E-state index contributed by atoms with van der Waals surface area (Å²) < 4.78 is 11.6. The molecule has 2 unspecified atom stereocenters. The van der Waals surface area contributed by atoms with Gasteiger partial charge in [-0.3, -0.25) is 14.6 Å². The van der Waals surface area contributed by atoms with Gasteiger partial charge in [-0.1, -0.05) is 33.8 Å². The van der Waals surface area contributed by atoms with Crippen LogP contribution in [0.1, 0.15) is 65.4 Å². The van der Waals surface area contributed by atoms with E-state index >= 15 is 0 Å². The number of pyridine rings is 1. The summed E-state index contributed by atoms with van der Waals surface area (Å²) in [6.07, 6.45) is 8.97. The Kier molecular flexibility index (Phi) is 9.24. The van der Waals surface area contributed by atoms with Crippen molar-refractivity contribution in [2.75, 3.05) is 19.9 Å². The van der Waals surface area contributed by atoms with Gasteiger partial charge in [0.05, 0.1) is 18.8 Å². The van der Waals surface area contributed by atoms with Gasteiger partial charge < -0.3 is 14.4 Å². The Balaban J connectivity index is 1.74. The predicted molar refractivity (Wildman–Crippen MR) is 112 cm³/mol. The number of ether oxygens (including phenoxy) is 2. The first-order valence-electron chi connectivity index (χ1n) is 10.8. The minimum absolute atomic E-state index is 0.0434. The van der Waals surface area contributed by atoms with Crippen LogP contribution in [0.15, 0.2) is 24.5 Å². The van der Waals surface area contributed by atoms with Crippen molar-refractivity contribution in [3.05, 3.63) is 30.1 Å². The smallest absolute Gasteiger partial charge is 0.290 e. The summed E-state index contributed by atoms with van der Waals surface area (Å²) in [4.78, 5) is 31.0.